The molecule has 0 radical (unpaired) electrons. The van der Waals surface area contributed by atoms with Crippen molar-refractivity contribution in [1.29, 1.82) is 5.41 Å². The van der Waals surface area contributed by atoms with Crippen LogP contribution >= 0.6 is 23.7 Å². The normalized spacial score (nSPS) is 17.6. The molecule has 1 atom stereocenters. The molecule has 3 nitrogen and oxygen atoms in total. The van der Waals surface area contributed by atoms with E-state index in [2.05, 4.69) is 4.90 Å². The molecule has 0 saturated carbocycles. The highest BCUT2D eigenvalue weighted by Crippen LogP contribution is 2.40. The van der Waals surface area contributed by atoms with Crippen LogP contribution in [0.2, 0.25) is 0 Å². The third kappa shape index (κ3) is 3.02. The molecule has 0 saturated heterocycles. The van der Waals surface area contributed by atoms with Crippen molar-refractivity contribution < 1.29 is 13.2 Å². The molecule has 0 bridgehead atoms. The van der Waals surface area contributed by atoms with Crippen LogP contribution in [0.1, 0.15) is 37.4 Å². The Morgan fingerprint density at radius 1 is 1.30 bits per heavy atom. The van der Waals surface area contributed by atoms with Crippen LogP contribution in [-0.2, 0) is 12.7 Å². The molecule has 1 aromatic carbocycles. The number of thiazole rings is 1. The zero-order valence-electron chi connectivity index (χ0n) is 12.9. The molecular weight excluding hydrogens is 347 g/mol. The summed E-state index contributed by atoms with van der Waals surface area (Å²) in [5.41, 5.74) is 0.920. The Bertz CT molecular complexity index is 762. The fourth-order valence-corrected chi connectivity index (χ4v) is 4.35. The van der Waals surface area contributed by atoms with Crippen molar-refractivity contribution in [1.82, 2.24) is 9.47 Å². The van der Waals surface area contributed by atoms with Gasteiger partial charge in [-0.3, -0.25) is 10.3 Å². The second kappa shape index (κ2) is 6.45. The van der Waals surface area contributed by atoms with E-state index in [4.69, 9.17) is 5.41 Å². The third-order valence-corrected chi connectivity index (χ3v) is 5.34. The van der Waals surface area contributed by atoms with Gasteiger partial charge < -0.3 is 4.57 Å². The molecule has 23 heavy (non-hydrogen) atoms. The van der Waals surface area contributed by atoms with Crippen LogP contribution in [0.3, 0.4) is 0 Å². The molecule has 2 aromatic rings. The van der Waals surface area contributed by atoms with Crippen LogP contribution in [0.4, 0.5) is 13.2 Å². The molecule has 0 spiro atoms. The maximum atomic E-state index is 13.2. The molecular formula is C15H19ClF3N3S. The summed E-state index contributed by atoms with van der Waals surface area (Å²) in [7, 11) is 0. The molecule has 0 amide bonds. The second-order valence-electron chi connectivity index (χ2n) is 5.49. The molecule has 0 fully saturated rings. The van der Waals surface area contributed by atoms with Crippen molar-refractivity contribution in [3.8, 4) is 0 Å². The van der Waals surface area contributed by atoms with E-state index in [1.54, 1.807) is 0 Å². The average Bonchev–Trinajstić information content (AvgIpc) is 2.78. The smallest absolute Gasteiger partial charge is 0.317 e. The topological polar surface area (TPSA) is 32.0 Å². The number of halogens is 4. The van der Waals surface area contributed by atoms with Gasteiger partial charge in [-0.05, 0) is 37.2 Å². The third-order valence-electron chi connectivity index (χ3n) is 4.39. The summed E-state index contributed by atoms with van der Waals surface area (Å²) in [5.74, 6) is 0. The van der Waals surface area contributed by atoms with Gasteiger partial charge in [-0.1, -0.05) is 25.2 Å². The first-order valence-electron chi connectivity index (χ1n) is 7.40. The van der Waals surface area contributed by atoms with Crippen LogP contribution in [0.25, 0.3) is 10.2 Å². The highest BCUT2D eigenvalue weighted by molar-refractivity contribution is 7.16. The van der Waals surface area contributed by atoms with Gasteiger partial charge in [0, 0.05) is 12.6 Å². The number of rotatable bonds is 3. The Balaban J connectivity index is 0.00000192. The van der Waals surface area contributed by atoms with E-state index < -0.39 is 11.7 Å². The van der Waals surface area contributed by atoms with E-state index in [1.165, 1.54) is 12.1 Å². The number of nitrogens with one attached hydrogen (secondary N) is 1. The Hall–Kier alpha value is -1.05. The highest BCUT2D eigenvalue weighted by Gasteiger charge is 2.35. The molecule has 0 unspecified atom stereocenters. The summed E-state index contributed by atoms with van der Waals surface area (Å²) < 4.78 is 42.0. The fourth-order valence-electron chi connectivity index (χ4n) is 3.34. The molecule has 2 heterocycles. The van der Waals surface area contributed by atoms with Gasteiger partial charge in [-0.2, -0.15) is 13.2 Å². The number of hydrogen-bond acceptors (Lipinski definition) is 3. The molecule has 128 valence electrons. The quantitative estimate of drug-likeness (QED) is 0.858. The van der Waals surface area contributed by atoms with Gasteiger partial charge in [0.15, 0.2) is 4.80 Å². The SMILES string of the molecule is CCN(CC)[C@@H]1CCn2c(=N)sc3cc(C(F)(F)F)cc1c32.Cl. The lowest BCUT2D eigenvalue weighted by molar-refractivity contribution is -0.137. The molecule has 1 aromatic heterocycles. The van der Waals surface area contributed by atoms with Crippen LogP contribution < -0.4 is 4.80 Å². The van der Waals surface area contributed by atoms with Crippen LogP contribution in [0, 0.1) is 5.41 Å². The highest BCUT2D eigenvalue weighted by atomic mass is 35.5. The largest absolute Gasteiger partial charge is 0.416 e. The van der Waals surface area contributed by atoms with E-state index in [9.17, 15) is 13.2 Å². The zero-order valence-corrected chi connectivity index (χ0v) is 14.5. The first-order valence-corrected chi connectivity index (χ1v) is 8.21. The van der Waals surface area contributed by atoms with Gasteiger partial charge in [0.05, 0.1) is 15.8 Å². The number of alkyl halides is 3. The molecule has 8 heteroatoms. The standard InChI is InChI=1S/C15H18F3N3S.ClH/c1-3-20(4-2)11-5-6-21-13-10(11)7-9(15(16,17)18)8-12(13)22-14(21)19;/h7-8,11,19H,3-6H2,1-2H3;1H/t11-;/m1./s1. The van der Waals surface area contributed by atoms with E-state index >= 15 is 0 Å². The van der Waals surface area contributed by atoms with Crippen LogP contribution in [0.15, 0.2) is 12.1 Å². The average molecular weight is 366 g/mol. The predicted molar refractivity (Wildman–Crippen MR) is 88.2 cm³/mol. The summed E-state index contributed by atoms with van der Waals surface area (Å²) in [6.45, 7) is 6.35. The van der Waals surface area contributed by atoms with Crippen molar-refractivity contribution in [3.05, 3.63) is 28.1 Å². The fraction of sp³-hybridized carbons (Fsp3) is 0.533. The maximum Gasteiger partial charge on any atom is 0.416 e. The van der Waals surface area contributed by atoms with E-state index in [0.29, 0.717) is 16.0 Å². The number of benzene rings is 1. The monoisotopic (exact) mass is 365 g/mol. The summed E-state index contributed by atoms with van der Waals surface area (Å²) in [6, 6.07) is 2.46. The van der Waals surface area contributed by atoms with E-state index in [1.807, 2.05) is 18.4 Å². The predicted octanol–water partition coefficient (Wildman–Crippen LogP) is 4.41. The van der Waals surface area contributed by atoms with Gasteiger partial charge in [-0.25, -0.2) is 0 Å². The lowest BCUT2D eigenvalue weighted by Gasteiger charge is -2.34. The minimum Gasteiger partial charge on any atom is -0.317 e. The summed E-state index contributed by atoms with van der Waals surface area (Å²) >= 11 is 1.13. The summed E-state index contributed by atoms with van der Waals surface area (Å²) in [6.07, 6.45) is -3.61. The van der Waals surface area contributed by atoms with Crippen molar-refractivity contribution in [2.45, 2.75) is 39.0 Å². The van der Waals surface area contributed by atoms with Crippen molar-refractivity contribution in [2.75, 3.05) is 13.1 Å². The Kier molecular flexibility index (Phi) is 5.13. The zero-order chi connectivity index (χ0) is 16.1. The molecule has 1 aliphatic heterocycles. The van der Waals surface area contributed by atoms with Gasteiger partial charge in [-0.15, -0.1) is 12.4 Å². The molecule has 0 aliphatic carbocycles. The Morgan fingerprint density at radius 3 is 2.52 bits per heavy atom. The van der Waals surface area contributed by atoms with Gasteiger partial charge in [0.2, 0.25) is 0 Å². The van der Waals surface area contributed by atoms with Crippen molar-refractivity contribution in [2.24, 2.45) is 0 Å². The number of aryl methyl sites for hydroxylation is 1. The maximum absolute atomic E-state index is 13.2. The van der Waals surface area contributed by atoms with Gasteiger partial charge in [0.1, 0.15) is 0 Å². The Labute approximate surface area is 142 Å². The van der Waals surface area contributed by atoms with Crippen molar-refractivity contribution >= 4 is 34.0 Å². The minimum atomic E-state index is -4.35. The number of nitrogens with zero attached hydrogens (tertiary/aromatic N) is 2. The van der Waals surface area contributed by atoms with Crippen molar-refractivity contribution in [3.63, 3.8) is 0 Å². The van der Waals surface area contributed by atoms with Crippen LogP contribution in [-0.4, -0.2) is 22.6 Å². The molecule has 1 aliphatic rings. The minimum absolute atomic E-state index is 0. The van der Waals surface area contributed by atoms with Crippen LogP contribution in [0.5, 0.6) is 0 Å². The van der Waals surface area contributed by atoms with E-state index in [0.717, 1.165) is 41.9 Å². The molecule has 3 rings (SSSR count). The first-order chi connectivity index (χ1) is 10.4. The lowest BCUT2D eigenvalue weighted by atomic mass is 9.95. The van der Waals surface area contributed by atoms with Gasteiger partial charge in [0.25, 0.3) is 0 Å². The first kappa shape index (κ1) is 18.3. The summed E-state index contributed by atoms with van der Waals surface area (Å²) in [4.78, 5) is 2.52. The molecule has 1 N–H and O–H groups in total. The Morgan fingerprint density at radius 2 is 1.96 bits per heavy atom. The number of aromatic nitrogens is 1. The summed E-state index contributed by atoms with van der Waals surface area (Å²) in [5, 5.41) is 8.01. The lowest BCUT2D eigenvalue weighted by Crippen LogP contribution is -2.33. The second-order valence-corrected chi connectivity index (χ2v) is 6.53. The van der Waals surface area contributed by atoms with E-state index in [-0.39, 0.29) is 18.4 Å². The number of hydrogen-bond donors (Lipinski definition) is 1. The van der Waals surface area contributed by atoms with Gasteiger partial charge >= 0.3 is 6.18 Å².